The molecule has 0 amide bonds. The van der Waals surface area contributed by atoms with Gasteiger partial charge in [-0.15, -0.1) is 11.3 Å². The van der Waals surface area contributed by atoms with Crippen molar-refractivity contribution in [1.29, 1.82) is 0 Å². The minimum Gasteiger partial charge on any atom is -0.497 e. The van der Waals surface area contributed by atoms with Crippen LogP contribution in [0.5, 0.6) is 5.75 Å². The zero-order valence-electron chi connectivity index (χ0n) is 17.0. The molecule has 4 aromatic rings. The molecule has 160 valence electrons. The van der Waals surface area contributed by atoms with Crippen LogP contribution in [0.2, 0.25) is 0 Å². The Morgan fingerprint density at radius 2 is 1.74 bits per heavy atom. The van der Waals surface area contributed by atoms with Crippen molar-refractivity contribution in [3.63, 3.8) is 0 Å². The molecular weight excluding hydrogens is 440 g/mol. The molecule has 0 bridgehead atoms. The highest BCUT2D eigenvalue weighted by atomic mass is 32.2. The van der Waals surface area contributed by atoms with Gasteiger partial charge in [-0.1, -0.05) is 6.07 Å². The Kier molecular flexibility index (Phi) is 5.45. The molecule has 8 heteroatoms. The first-order valence-electron chi connectivity index (χ1n) is 9.30. The van der Waals surface area contributed by atoms with Crippen molar-refractivity contribution < 1.29 is 21.9 Å². The molecule has 0 aliphatic rings. The van der Waals surface area contributed by atoms with E-state index in [1.54, 1.807) is 24.3 Å². The van der Waals surface area contributed by atoms with Gasteiger partial charge in [-0.05, 0) is 65.2 Å². The second-order valence-corrected chi connectivity index (χ2v) is 9.91. The standard InChI is InChI=1S/C23H19F2NO3S2/c1-14-13-30-23-12-17(5-7-20(14)23)26(31(3,27)28)18-8-15(9-19(11-18)29-2)21-6-4-16(24)10-22(21)25/h4-13H,1-3H3. The van der Waals surface area contributed by atoms with E-state index in [0.717, 1.165) is 34.0 Å². The van der Waals surface area contributed by atoms with E-state index in [1.807, 2.05) is 24.4 Å². The fraction of sp³-hybridized carbons (Fsp3) is 0.130. The summed E-state index contributed by atoms with van der Waals surface area (Å²) in [6.07, 6.45) is 1.11. The summed E-state index contributed by atoms with van der Waals surface area (Å²) in [4.78, 5) is 0. The van der Waals surface area contributed by atoms with E-state index in [4.69, 9.17) is 4.74 Å². The topological polar surface area (TPSA) is 46.6 Å². The number of methoxy groups -OCH3 is 1. The smallest absolute Gasteiger partial charge is 0.236 e. The van der Waals surface area contributed by atoms with Gasteiger partial charge >= 0.3 is 0 Å². The molecule has 31 heavy (non-hydrogen) atoms. The number of hydrogen-bond acceptors (Lipinski definition) is 4. The molecule has 0 radical (unpaired) electrons. The van der Waals surface area contributed by atoms with Gasteiger partial charge in [0.05, 0.1) is 24.7 Å². The van der Waals surface area contributed by atoms with Gasteiger partial charge in [0.1, 0.15) is 17.4 Å². The molecule has 0 fully saturated rings. The third kappa shape index (κ3) is 4.13. The van der Waals surface area contributed by atoms with Crippen LogP contribution in [-0.2, 0) is 10.0 Å². The average Bonchev–Trinajstić information content (AvgIpc) is 3.07. The molecule has 0 aliphatic heterocycles. The van der Waals surface area contributed by atoms with Crippen LogP contribution < -0.4 is 9.04 Å². The molecular formula is C23H19F2NO3S2. The lowest BCUT2D eigenvalue weighted by molar-refractivity contribution is 0.415. The summed E-state index contributed by atoms with van der Waals surface area (Å²) in [5, 5.41) is 3.07. The first kappa shape index (κ1) is 21.3. The molecule has 0 N–H and O–H groups in total. The van der Waals surface area contributed by atoms with Gasteiger partial charge in [0.2, 0.25) is 10.0 Å². The average molecular weight is 460 g/mol. The Morgan fingerprint density at radius 1 is 0.968 bits per heavy atom. The van der Waals surface area contributed by atoms with Crippen molar-refractivity contribution in [2.24, 2.45) is 0 Å². The summed E-state index contributed by atoms with van der Waals surface area (Å²) in [5.74, 6) is -1.10. The maximum Gasteiger partial charge on any atom is 0.236 e. The number of halogens is 2. The second kappa shape index (κ2) is 7.94. The highest BCUT2D eigenvalue weighted by Crippen LogP contribution is 2.38. The summed E-state index contributed by atoms with van der Waals surface area (Å²) in [5.41, 5.74) is 2.37. The van der Waals surface area contributed by atoms with Crippen molar-refractivity contribution in [3.05, 3.63) is 77.2 Å². The first-order chi connectivity index (χ1) is 14.7. The summed E-state index contributed by atoms with van der Waals surface area (Å²) >= 11 is 1.53. The Labute approximate surface area is 183 Å². The maximum absolute atomic E-state index is 14.4. The molecule has 0 saturated heterocycles. The molecule has 4 nitrogen and oxygen atoms in total. The predicted molar refractivity (Wildman–Crippen MR) is 122 cm³/mol. The van der Waals surface area contributed by atoms with E-state index >= 15 is 0 Å². The van der Waals surface area contributed by atoms with Gasteiger partial charge in [0.25, 0.3) is 0 Å². The Hall–Kier alpha value is -2.97. The van der Waals surface area contributed by atoms with Crippen LogP contribution in [0.4, 0.5) is 20.2 Å². The quantitative estimate of drug-likeness (QED) is 0.354. The molecule has 1 aromatic heterocycles. The molecule has 3 aromatic carbocycles. The van der Waals surface area contributed by atoms with Gasteiger partial charge in [0.15, 0.2) is 0 Å². The number of sulfonamides is 1. The second-order valence-electron chi connectivity index (χ2n) is 7.17. The molecule has 4 rings (SSSR count). The monoisotopic (exact) mass is 459 g/mol. The summed E-state index contributed by atoms with van der Waals surface area (Å²) < 4.78 is 60.9. The number of ether oxygens (including phenoxy) is 1. The minimum absolute atomic E-state index is 0.138. The number of rotatable bonds is 5. The van der Waals surface area contributed by atoms with Crippen LogP contribution in [0, 0.1) is 18.6 Å². The zero-order valence-corrected chi connectivity index (χ0v) is 18.7. The van der Waals surface area contributed by atoms with Gasteiger partial charge in [-0.2, -0.15) is 0 Å². The number of aryl methyl sites for hydroxylation is 1. The molecule has 0 saturated carbocycles. The molecule has 0 spiro atoms. The first-order valence-corrected chi connectivity index (χ1v) is 12.0. The summed E-state index contributed by atoms with van der Waals surface area (Å²) in [7, 11) is -2.31. The molecule has 1 heterocycles. The molecule has 0 unspecified atom stereocenters. The number of hydrogen-bond donors (Lipinski definition) is 0. The zero-order chi connectivity index (χ0) is 22.3. The van der Waals surface area contributed by atoms with Crippen LogP contribution in [0.3, 0.4) is 0 Å². The fourth-order valence-electron chi connectivity index (χ4n) is 3.51. The molecule has 0 atom stereocenters. The van der Waals surface area contributed by atoms with Crippen molar-refractivity contribution >= 4 is 42.8 Å². The lowest BCUT2D eigenvalue weighted by atomic mass is 10.0. The van der Waals surface area contributed by atoms with Crippen molar-refractivity contribution in [2.45, 2.75) is 6.92 Å². The van der Waals surface area contributed by atoms with Crippen LogP contribution >= 0.6 is 11.3 Å². The van der Waals surface area contributed by atoms with Gasteiger partial charge in [0, 0.05) is 22.4 Å². The number of anilines is 2. The Bertz CT molecular complexity index is 1400. The third-order valence-electron chi connectivity index (χ3n) is 4.92. The van der Waals surface area contributed by atoms with Crippen molar-refractivity contribution in [3.8, 4) is 16.9 Å². The maximum atomic E-state index is 14.4. The van der Waals surface area contributed by atoms with Gasteiger partial charge in [-0.3, -0.25) is 0 Å². The van der Waals surface area contributed by atoms with Crippen LogP contribution in [0.1, 0.15) is 5.56 Å². The lowest BCUT2D eigenvalue weighted by Crippen LogP contribution is -2.24. The summed E-state index contributed by atoms with van der Waals surface area (Å²) in [6, 6.07) is 13.4. The van der Waals surface area contributed by atoms with E-state index in [9.17, 15) is 17.2 Å². The SMILES string of the molecule is COc1cc(-c2ccc(F)cc2F)cc(N(c2ccc3c(C)csc3c2)S(C)(=O)=O)c1. The fourth-order valence-corrected chi connectivity index (χ4v) is 5.47. The van der Waals surface area contributed by atoms with E-state index in [2.05, 4.69) is 0 Å². The number of nitrogens with zero attached hydrogens (tertiary/aromatic N) is 1. The highest BCUT2D eigenvalue weighted by molar-refractivity contribution is 7.92. The third-order valence-corrected chi connectivity index (χ3v) is 7.07. The number of thiophene rings is 1. The number of benzene rings is 3. The van der Waals surface area contributed by atoms with Gasteiger partial charge in [-0.25, -0.2) is 21.5 Å². The number of fused-ring (bicyclic) bond motifs is 1. The largest absolute Gasteiger partial charge is 0.497 e. The van der Waals surface area contributed by atoms with E-state index in [-0.39, 0.29) is 11.3 Å². The summed E-state index contributed by atoms with van der Waals surface area (Å²) in [6.45, 7) is 2.00. The predicted octanol–water partition coefficient (Wildman–Crippen LogP) is 6.26. The lowest BCUT2D eigenvalue weighted by Gasteiger charge is -2.24. The van der Waals surface area contributed by atoms with Gasteiger partial charge < -0.3 is 4.74 Å². The van der Waals surface area contributed by atoms with E-state index in [0.29, 0.717) is 17.0 Å². The Morgan fingerprint density at radius 3 is 2.42 bits per heavy atom. The minimum atomic E-state index is -3.74. The van der Waals surface area contributed by atoms with E-state index < -0.39 is 21.7 Å². The highest BCUT2D eigenvalue weighted by Gasteiger charge is 2.23. The van der Waals surface area contributed by atoms with Crippen molar-refractivity contribution in [2.75, 3.05) is 17.7 Å². The Balaban J connectivity index is 1.92. The van der Waals surface area contributed by atoms with Crippen molar-refractivity contribution in [1.82, 2.24) is 0 Å². The normalized spacial score (nSPS) is 11.6. The molecule has 0 aliphatic carbocycles. The van der Waals surface area contributed by atoms with E-state index in [1.165, 1.54) is 28.8 Å². The van der Waals surface area contributed by atoms with Crippen LogP contribution in [0.15, 0.2) is 60.0 Å². The van der Waals surface area contributed by atoms with Crippen LogP contribution in [-0.4, -0.2) is 21.8 Å². The van der Waals surface area contributed by atoms with Crippen LogP contribution in [0.25, 0.3) is 21.2 Å².